The molecule has 1 aliphatic heterocycles. The maximum atomic E-state index is 12.1. The summed E-state index contributed by atoms with van der Waals surface area (Å²) >= 11 is 0. The van der Waals surface area contributed by atoms with Crippen LogP contribution < -0.4 is 5.32 Å². The highest BCUT2D eigenvalue weighted by atomic mass is 19.4. The Morgan fingerprint density at radius 1 is 1.25 bits per heavy atom. The van der Waals surface area contributed by atoms with Gasteiger partial charge in [0.2, 0.25) is 0 Å². The van der Waals surface area contributed by atoms with Crippen LogP contribution in [0, 0.1) is 5.41 Å². The van der Waals surface area contributed by atoms with Crippen molar-refractivity contribution >= 4 is 0 Å². The zero-order valence-corrected chi connectivity index (χ0v) is 12.9. The Kier molecular flexibility index (Phi) is 6.28. The Morgan fingerprint density at radius 3 is 2.40 bits per heavy atom. The predicted molar refractivity (Wildman–Crippen MR) is 73.8 cm³/mol. The minimum atomic E-state index is -4.24. The second kappa shape index (κ2) is 7.09. The average Bonchev–Trinajstić information content (AvgIpc) is 2.32. The van der Waals surface area contributed by atoms with Gasteiger partial charge in [0, 0.05) is 31.7 Å². The first kappa shape index (κ1) is 17.7. The number of rotatable bonds is 5. The van der Waals surface area contributed by atoms with Gasteiger partial charge in [-0.05, 0) is 11.8 Å². The van der Waals surface area contributed by atoms with Crippen LogP contribution in [0.1, 0.15) is 34.1 Å². The number of hydrogen-bond acceptors (Lipinski definition) is 3. The van der Waals surface area contributed by atoms with Crippen molar-refractivity contribution in [1.29, 1.82) is 0 Å². The lowest BCUT2D eigenvalue weighted by molar-refractivity contribution is -0.175. The topological polar surface area (TPSA) is 24.5 Å². The Bertz CT molecular complexity index is 289. The fraction of sp³-hybridized carbons (Fsp3) is 1.00. The summed E-state index contributed by atoms with van der Waals surface area (Å²) in [4.78, 5) is 2.26. The van der Waals surface area contributed by atoms with E-state index in [0.717, 1.165) is 19.5 Å². The van der Waals surface area contributed by atoms with E-state index in [4.69, 9.17) is 4.74 Å². The molecule has 1 rings (SSSR count). The van der Waals surface area contributed by atoms with Gasteiger partial charge in [-0.3, -0.25) is 4.90 Å². The van der Waals surface area contributed by atoms with Crippen molar-refractivity contribution in [3.05, 3.63) is 0 Å². The molecule has 0 aliphatic carbocycles. The third-order valence-corrected chi connectivity index (χ3v) is 3.78. The predicted octanol–water partition coefficient (Wildman–Crippen LogP) is 2.66. The van der Waals surface area contributed by atoms with Gasteiger partial charge in [-0.2, -0.15) is 13.2 Å². The summed E-state index contributed by atoms with van der Waals surface area (Å²) < 4.78 is 40.9. The summed E-state index contributed by atoms with van der Waals surface area (Å²) in [5.41, 5.74) is 0.0930. The number of hydrogen-bond donors (Lipinski definition) is 1. The fourth-order valence-electron chi connectivity index (χ4n) is 2.63. The van der Waals surface area contributed by atoms with Crippen molar-refractivity contribution in [2.75, 3.05) is 32.8 Å². The standard InChI is InChI=1S/C14H27F3N2O/c1-5-11-9-19(6-7-20-10-14(15,16)17)12(8-18-11)13(2,3)4/h11-12,18H,5-10H2,1-4H3. The second-order valence-corrected chi connectivity index (χ2v) is 6.56. The smallest absolute Gasteiger partial charge is 0.371 e. The molecular weight excluding hydrogens is 269 g/mol. The number of alkyl halides is 3. The molecule has 0 aromatic rings. The lowest BCUT2D eigenvalue weighted by Crippen LogP contribution is -2.60. The SMILES string of the molecule is CCC1CN(CCOCC(F)(F)F)C(C(C)(C)C)CN1. The Hall–Kier alpha value is -0.330. The summed E-state index contributed by atoms with van der Waals surface area (Å²) in [7, 11) is 0. The molecule has 1 N–H and O–H groups in total. The number of nitrogens with one attached hydrogen (secondary N) is 1. The Morgan fingerprint density at radius 2 is 1.90 bits per heavy atom. The average molecular weight is 296 g/mol. The van der Waals surface area contributed by atoms with Crippen LogP contribution in [0.15, 0.2) is 0 Å². The largest absolute Gasteiger partial charge is 0.411 e. The first-order chi connectivity index (χ1) is 9.13. The summed E-state index contributed by atoms with van der Waals surface area (Å²) in [6, 6.07) is 0.732. The van der Waals surface area contributed by atoms with Gasteiger partial charge in [-0.25, -0.2) is 0 Å². The molecule has 3 nitrogen and oxygen atoms in total. The monoisotopic (exact) mass is 296 g/mol. The highest BCUT2D eigenvalue weighted by Crippen LogP contribution is 2.26. The van der Waals surface area contributed by atoms with Crippen LogP contribution in [-0.4, -0.2) is 56.0 Å². The Balaban J connectivity index is 2.48. The molecule has 6 heteroatoms. The van der Waals surface area contributed by atoms with E-state index < -0.39 is 12.8 Å². The van der Waals surface area contributed by atoms with E-state index >= 15 is 0 Å². The second-order valence-electron chi connectivity index (χ2n) is 6.56. The van der Waals surface area contributed by atoms with E-state index in [0.29, 0.717) is 18.6 Å². The quantitative estimate of drug-likeness (QED) is 0.789. The molecule has 2 atom stereocenters. The molecule has 0 aromatic carbocycles. The minimum Gasteiger partial charge on any atom is -0.371 e. The first-order valence-corrected chi connectivity index (χ1v) is 7.25. The summed E-state index contributed by atoms with van der Waals surface area (Å²) in [5.74, 6) is 0. The van der Waals surface area contributed by atoms with E-state index in [-0.39, 0.29) is 12.0 Å². The van der Waals surface area contributed by atoms with Gasteiger partial charge in [-0.15, -0.1) is 0 Å². The van der Waals surface area contributed by atoms with E-state index in [1.165, 1.54) is 0 Å². The normalized spacial score (nSPS) is 25.9. The van der Waals surface area contributed by atoms with Gasteiger partial charge in [0.1, 0.15) is 6.61 Å². The van der Waals surface area contributed by atoms with Crippen molar-refractivity contribution in [3.63, 3.8) is 0 Å². The number of nitrogens with zero attached hydrogens (tertiary/aromatic N) is 1. The molecule has 0 saturated carbocycles. The van der Waals surface area contributed by atoms with Gasteiger partial charge in [0.15, 0.2) is 0 Å². The molecule has 1 aliphatic rings. The van der Waals surface area contributed by atoms with E-state index in [2.05, 4.69) is 37.9 Å². The molecular formula is C14H27F3N2O. The zero-order chi connectivity index (χ0) is 15.4. The number of ether oxygens (including phenoxy) is 1. The maximum Gasteiger partial charge on any atom is 0.411 e. The molecule has 0 bridgehead atoms. The molecule has 1 heterocycles. The summed E-state index contributed by atoms with van der Waals surface area (Å²) in [6.45, 7) is 9.87. The van der Waals surface area contributed by atoms with Crippen molar-refractivity contribution in [2.24, 2.45) is 5.41 Å². The minimum absolute atomic E-state index is 0.0930. The molecule has 0 amide bonds. The summed E-state index contributed by atoms with van der Waals surface area (Å²) in [6.07, 6.45) is -3.21. The van der Waals surface area contributed by atoms with Gasteiger partial charge in [0.05, 0.1) is 6.61 Å². The van der Waals surface area contributed by atoms with Crippen LogP contribution in [0.2, 0.25) is 0 Å². The van der Waals surface area contributed by atoms with E-state index in [1.54, 1.807) is 0 Å². The number of piperazine rings is 1. The number of halogens is 3. The van der Waals surface area contributed by atoms with Crippen LogP contribution >= 0.6 is 0 Å². The maximum absolute atomic E-state index is 12.1. The lowest BCUT2D eigenvalue weighted by atomic mass is 9.83. The molecule has 2 unspecified atom stereocenters. The molecule has 0 spiro atoms. The molecule has 0 radical (unpaired) electrons. The zero-order valence-electron chi connectivity index (χ0n) is 12.9. The molecule has 20 heavy (non-hydrogen) atoms. The molecule has 1 saturated heterocycles. The van der Waals surface area contributed by atoms with Crippen LogP contribution in [-0.2, 0) is 4.74 Å². The van der Waals surface area contributed by atoms with Gasteiger partial charge < -0.3 is 10.1 Å². The highest BCUT2D eigenvalue weighted by molar-refractivity contribution is 4.91. The molecule has 120 valence electrons. The van der Waals surface area contributed by atoms with Crippen molar-refractivity contribution in [2.45, 2.75) is 52.4 Å². The lowest BCUT2D eigenvalue weighted by Gasteiger charge is -2.46. The van der Waals surface area contributed by atoms with Gasteiger partial charge in [-0.1, -0.05) is 27.7 Å². The van der Waals surface area contributed by atoms with Crippen LogP contribution in [0.3, 0.4) is 0 Å². The summed E-state index contributed by atoms with van der Waals surface area (Å²) in [5, 5.41) is 3.51. The van der Waals surface area contributed by atoms with Crippen LogP contribution in [0.5, 0.6) is 0 Å². The Labute approximate surface area is 119 Å². The van der Waals surface area contributed by atoms with Crippen molar-refractivity contribution < 1.29 is 17.9 Å². The third kappa shape index (κ3) is 5.97. The van der Waals surface area contributed by atoms with Crippen LogP contribution in [0.25, 0.3) is 0 Å². The van der Waals surface area contributed by atoms with Crippen LogP contribution in [0.4, 0.5) is 13.2 Å². The third-order valence-electron chi connectivity index (χ3n) is 3.78. The van der Waals surface area contributed by atoms with E-state index in [1.807, 2.05) is 0 Å². The fourth-order valence-corrected chi connectivity index (χ4v) is 2.63. The van der Waals surface area contributed by atoms with Crippen molar-refractivity contribution in [1.82, 2.24) is 10.2 Å². The van der Waals surface area contributed by atoms with Crippen molar-refractivity contribution in [3.8, 4) is 0 Å². The molecule has 0 aromatic heterocycles. The van der Waals surface area contributed by atoms with Gasteiger partial charge in [0.25, 0.3) is 0 Å². The first-order valence-electron chi connectivity index (χ1n) is 7.25. The van der Waals surface area contributed by atoms with E-state index in [9.17, 15) is 13.2 Å². The molecule has 1 fully saturated rings. The highest BCUT2D eigenvalue weighted by Gasteiger charge is 2.35. The van der Waals surface area contributed by atoms with Gasteiger partial charge >= 0.3 is 6.18 Å².